The van der Waals surface area contributed by atoms with Crippen LogP contribution in [0.4, 0.5) is 18.9 Å². The van der Waals surface area contributed by atoms with Crippen LogP contribution in [0, 0.1) is 6.92 Å². The molecule has 0 radical (unpaired) electrons. The molecule has 0 bridgehead atoms. The maximum Gasteiger partial charge on any atom is 0.416 e. The van der Waals surface area contributed by atoms with Gasteiger partial charge in [-0.2, -0.15) is 13.2 Å². The molecule has 146 valence electrons. The Kier molecular flexibility index (Phi) is 4.84. The normalized spacial score (nSPS) is 11.6. The van der Waals surface area contributed by atoms with Crippen LogP contribution < -0.4 is 5.32 Å². The van der Waals surface area contributed by atoms with Gasteiger partial charge < -0.3 is 5.32 Å². The van der Waals surface area contributed by atoms with E-state index in [0.717, 1.165) is 32.9 Å². The van der Waals surface area contributed by atoms with Gasteiger partial charge in [-0.15, -0.1) is 11.3 Å². The van der Waals surface area contributed by atoms with Gasteiger partial charge in [0.2, 0.25) is 0 Å². The van der Waals surface area contributed by atoms with E-state index in [1.807, 2.05) is 31.2 Å². The Bertz CT molecular complexity index is 1200. The number of thiazole rings is 1. The van der Waals surface area contributed by atoms with Gasteiger partial charge in [-0.05, 0) is 67.1 Å². The quantitative estimate of drug-likeness (QED) is 0.415. The van der Waals surface area contributed by atoms with E-state index in [-0.39, 0.29) is 5.56 Å². The predicted molar refractivity (Wildman–Crippen MR) is 109 cm³/mol. The first-order valence-corrected chi connectivity index (χ1v) is 9.57. The summed E-state index contributed by atoms with van der Waals surface area (Å²) in [5.41, 5.74) is 2.59. The van der Waals surface area contributed by atoms with Gasteiger partial charge in [-0.1, -0.05) is 12.1 Å². The Morgan fingerprint density at radius 3 is 2.48 bits per heavy atom. The van der Waals surface area contributed by atoms with E-state index in [0.29, 0.717) is 5.69 Å². The lowest BCUT2D eigenvalue weighted by molar-refractivity contribution is -0.137. The summed E-state index contributed by atoms with van der Waals surface area (Å²) in [6.45, 7) is 2.03. The summed E-state index contributed by atoms with van der Waals surface area (Å²) in [6.07, 6.45) is -4.49. The Morgan fingerprint density at radius 2 is 1.76 bits per heavy atom. The molecule has 1 N–H and O–H groups in total. The van der Waals surface area contributed by atoms with Crippen molar-refractivity contribution in [2.24, 2.45) is 0 Å². The van der Waals surface area contributed by atoms with Gasteiger partial charge in [0.1, 0.15) is 5.01 Å². The number of hydrogen-bond acceptors (Lipinski definition) is 3. The van der Waals surface area contributed by atoms with Crippen molar-refractivity contribution < 1.29 is 18.0 Å². The average Bonchev–Trinajstić information content (AvgIpc) is 3.11. The minimum absolute atomic E-state index is 0.0505. The van der Waals surface area contributed by atoms with Crippen LogP contribution in [-0.2, 0) is 6.18 Å². The molecule has 0 aliphatic heterocycles. The van der Waals surface area contributed by atoms with Crippen LogP contribution in [0.1, 0.15) is 21.5 Å². The first-order valence-electron chi connectivity index (χ1n) is 8.76. The largest absolute Gasteiger partial charge is 0.416 e. The molecule has 0 aliphatic rings. The van der Waals surface area contributed by atoms with Gasteiger partial charge in [0.15, 0.2) is 0 Å². The second kappa shape index (κ2) is 7.33. The lowest BCUT2D eigenvalue weighted by Crippen LogP contribution is -2.13. The third-order valence-electron chi connectivity index (χ3n) is 4.39. The van der Waals surface area contributed by atoms with Crippen molar-refractivity contribution in [1.29, 1.82) is 0 Å². The second-order valence-electron chi connectivity index (χ2n) is 6.60. The number of amides is 1. The molecule has 1 aromatic heterocycles. The number of aromatic nitrogens is 1. The van der Waals surface area contributed by atoms with Crippen LogP contribution in [0.3, 0.4) is 0 Å². The highest BCUT2D eigenvalue weighted by molar-refractivity contribution is 7.21. The molecular formula is C22H15F3N2OS. The minimum Gasteiger partial charge on any atom is -0.322 e. The molecule has 0 fully saturated rings. The first kappa shape index (κ1) is 19.1. The second-order valence-corrected chi connectivity index (χ2v) is 7.63. The number of nitrogens with zero attached hydrogens (tertiary/aromatic N) is 1. The summed E-state index contributed by atoms with van der Waals surface area (Å²) in [5.74, 6) is -0.598. The van der Waals surface area contributed by atoms with Crippen LogP contribution in [0.25, 0.3) is 20.8 Å². The summed E-state index contributed by atoms with van der Waals surface area (Å²) in [6, 6.07) is 17.5. The van der Waals surface area contributed by atoms with Gasteiger partial charge in [0.05, 0.1) is 15.8 Å². The summed E-state index contributed by atoms with van der Waals surface area (Å²) >= 11 is 1.58. The van der Waals surface area contributed by atoms with Crippen molar-refractivity contribution in [2.75, 3.05) is 5.32 Å². The Labute approximate surface area is 168 Å². The maximum absolute atomic E-state index is 12.8. The number of carbonyl (C=O) groups excluding carboxylic acids is 1. The summed E-state index contributed by atoms with van der Waals surface area (Å²) in [5, 5.41) is 3.49. The van der Waals surface area contributed by atoms with E-state index in [1.54, 1.807) is 23.5 Å². The number of anilines is 1. The number of nitrogens with one attached hydrogen (secondary N) is 1. The van der Waals surface area contributed by atoms with E-state index in [1.165, 1.54) is 17.7 Å². The molecule has 1 heterocycles. The molecule has 0 saturated heterocycles. The van der Waals surface area contributed by atoms with Gasteiger partial charge in [0.25, 0.3) is 5.91 Å². The minimum atomic E-state index is -4.49. The van der Waals surface area contributed by atoms with Crippen LogP contribution in [0.2, 0.25) is 0 Å². The number of alkyl halides is 3. The molecule has 0 saturated carbocycles. The third-order valence-corrected chi connectivity index (χ3v) is 5.45. The number of rotatable bonds is 3. The molecule has 0 aliphatic carbocycles. The third kappa shape index (κ3) is 4.14. The van der Waals surface area contributed by atoms with Crippen LogP contribution in [0.15, 0.2) is 66.7 Å². The zero-order chi connectivity index (χ0) is 20.6. The SMILES string of the molecule is Cc1ccc2nc(-c3ccc(NC(=O)c4cccc(C(F)(F)F)c4)cc3)sc2c1. The number of fused-ring (bicyclic) bond motifs is 1. The predicted octanol–water partition coefficient (Wildman–Crippen LogP) is 6.54. The zero-order valence-corrected chi connectivity index (χ0v) is 16.1. The van der Waals surface area contributed by atoms with Crippen LogP contribution >= 0.6 is 11.3 Å². The molecule has 29 heavy (non-hydrogen) atoms. The Morgan fingerprint density at radius 1 is 1.00 bits per heavy atom. The van der Waals surface area contributed by atoms with E-state index in [9.17, 15) is 18.0 Å². The molecule has 3 nitrogen and oxygen atoms in total. The number of halogens is 3. The number of carbonyl (C=O) groups is 1. The fourth-order valence-corrected chi connectivity index (χ4v) is 3.96. The van der Waals surface area contributed by atoms with Crippen molar-refractivity contribution in [3.63, 3.8) is 0 Å². The molecule has 0 spiro atoms. The molecule has 4 aromatic rings. The zero-order valence-electron chi connectivity index (χ0n) is 15.2. The highest BCUT2D eigenvalue weighted by Gasteiger charge is 2.30. The smallest absolute Gasteiger partial charge is 0.322 e. The van der Waals surface area contributed by atoms with Gasteiger partial charge >= 0.3 is 6.18 Å². The van der Waals surface area contributed by atoms with Crippen molar-refractivity contribution in [2.45, 2.75) is 13.1 Å². The number of aryl methyl sites for hydroxylation is 1. The van der Waals surface area contributed by atoms with Crippen LogP contribution in [-0.4, -0.2) is 10.9 Å². The molecule has 0 unspecified atom stereocenters. The number of hydrogen-bond donors (Lipinski definition) is 1. The fraction of sp³-hybridized carbons (Fsp3) is 0.0909. The Balaban J connectivity index is 1.52. The van der Waals surface area contributed by atoms with E-state index in [4.69, 9.17) is 0 Å². The Hall–Kier alpha value is -3.19. The highest BCUT2D eigenvalue weighted by Crippen LogP contribution is 2.32. The van der Waals surface area contributed by atoms with Gasteiger partial charge in [0, 0.05) is 16.8 Å². The maximum atomic E-state index is 12.8. The van der Waals surface area contributed by atoms with E-state index in [2.05, 4.69) is 16.4 Å². The van der Waals surface area contributed by atoms with Crippen molar-refractivity contribution in [1.82, 2.24) is 4.98 Å². The van der Waals surface area contributed by atoms with Crippen LogP contribution in [0.5, 0.6) is 0 Å². The van der Waals surface area contributed by atoms with Crippen molar-refractivity contribution in [3.05, 3.63) is 83.4 Å². The molecule has 7 heteroatoms. The lowest BCUT2D eigenvalue weighted by Gasteiger charge is -2.09. The van der Waals surface area contributed by atoms with Gasteiger partial charge in [-0.3, -0.25) is 4.79 Å². The number of benzene rings is 3. The standard InChI is InChI=1S/C22H15F3N2OS/c1-13-5-10-18-19(11-13)29-21(27-18)14-6-8-17(9-7-14)26-20(28)15-3-2-4-16(12-15)22(23,24)25/h2-12H,1H3,(H,26,28). The molecule has 0 atom stereocenters. The lowest BCUT2D eigenvalue weighted by atomic mass is 10.1. The summed E-state index contributed by atoms with van der Waals surface area (Å²) in [4.78, 5) is 16.9. The van der Waals surface area contributed by atoms with E-state index < -0.39 is 17.6 Å². The monoisotopic (exact) mass is 412 g/mol. The first-order chi connectivity index (χ1) is 13.8. The van der Waals surface area contributed by atoms with Crippen molar-refractivity contribution >= 4 is 33.1 Å². The summed E-state index contributed by atoms with van der Waals surface area (Å²) in [7, 11) is 0. The summed E-state index contributed by atoms with van der Waals surface area (Å²) < 4.78 is 39.6. The topological polar surface area (TPSA) is 42.0 Å². The van der Waals surface area contributed by atoms with Crippen molar-refractivity contribution in [3.8, 4) is 10.6 Å². The van der Waals surface area contributed by atoms with Gasteiger partial charge in [-0.25, -0.2) is 4.98 Å². The molecular weight excluding hydrogens is 397 g/mol. The fourth-order valence-electron chi connectivity index (χ4n) is 2.89. The molecule has 3 aromatic carbocycles. The highest BCUT2D eigenvalue weighted by atomic mass is 32.1. The average molecular weight is 412 g/mol. The van der Waals surface area contributed by atoms with E-state index >= 15 is 0 Å². The molecule has 4 rings (SSSR count). The molecule has 1 amide bonds.